The molecule has 3 heterocycles. The molecule has 3 aromatic rings. The van der Waals surface area contributed by atoms with Crippen molar-refractivity contribution in [2.24, 2.45) is 5.92 Å². The first-order chi connectivity index (χ1) is 16.9. The van der Waals surface area contributed by atoms with E-state index in [1.165, 1.54) is 23.9 Å². The average Bonchev–Trinajstić information content (AvgIpc) is 3.10. The number of nitrogen functional groups attached to an aromatic ring is 1. The molecular weight excluding hydrogens is 474 g/mol. The first-order valence-corrected chi connectivity index (χ1v) is 13.6. The predicted molar refractivity (Wildman–Crippen MR) is 142 cm³/mol. The van der Waals surface area contributed by atoms with Crippen LogP contribution in [0.5, 0.6) is 0 Å². The van der Waals surface area contributed by atoms with Crippen molar-refractivity contribution in [3.63, 3.8) is 0 Å². The number of nitrogens with two attached hydrogens (primary N) is 1. The molecule has 8 nitrogen and oxygen atoms in total. The lowest BCUT2D eigenvalue weighted by molar-refractivity contribution is 0.0981. The highest BCUT2D eigenvalue weighted by molar-refractivity contribution is 7.90. The minimum absolute atomic E-state index is 0.175. The van der Waals surface area contributed by atoms with Crippen molar-refractivity contribution in [2.45, 2.75) is 57.4 Å². The van der Waals surface area contributed by atoms with Gasteiger partial charge in [-0.1, -0.05) is 39.0 Å². The Hall–Kier alpha value is -3.46. The number of benzene rings is 1. The van der Waals surface area contributed by atoms with Gasteiger partial charge < -0.3 is 10.6 Å². The summed E-state index contributed by atoms with van der Waals surface area (Å²) in [5.41, 5.74) is 8.52. The molecule has 0 spiro atoms. The zero-order chi connectivity index (χ0) is 26.3. The molecule has 0 saturated carbocycles. The average molecular weight is 508 g/mol. The number of aromatic nitrogens is 2. The summed E-state index contributed by atoms with van der Waals surface area (Å²) in [6, 6.07) is 14.3. The van der Waals surface area contributed by atoms with E-state index in [4.69, 9.17) is 10.7 Å². The third kappa shape index (κ3) is 4.80. The molecule has 1 unspecified atom stereocenters. The van der Waals surface area contributed by atoms with Crippen molar-refractivity contribution in [2.75, 3.05) is 17.2 Å². The van der Waals surface area contributed by atoms with Crippen LogP contribution in [0.2, 0.25) is 0 Å². The monoisotopic (exact) mass is 507 g/mol. The van der Waals surface area contributed by atoms with E-state index in [0.29, 0.717) is 24.2 Å². The van der Waals surface area contributed by atoms with Crippen LogP contribution in [0.3, 0.4) is 0 Å². The van der Waals surface area contributed by atoms with E-state index in [-0.39, 0.29) is 21.8 Å². The normalized spacial score (nSPS) is 17.4. The third-order valence-corrected chi connectivity index (χ3v) is 8.61. The van der Waals surface area contributed by atoms with E-state index < -0.39 is 15.9 Å². The zero-order valence-electron chi connectivity index (χ0n) is 21.3. The SMILES string of the molecule is CC(C)c1cccc(-c2ccc(C(=O)NS(=O)(=O)c3cccnc3N)c(N3CCC(C)C3(C)C)n2)c1. The molecule has 9 heteroatoms. The van der Waals surface area contributed by atoms with Gasteiger partial charge in [-0.25, -0.2) is 23.1 Å². The Bertz CT molecular complexity index is 1400. The number of anilines is 2. The van der Waals surface area contributed by atoms with E-state index in [1.807, 2.05) is 12.1 Å². The van der Waals surface area contributed by atoms with Crippen molar-refractivity contribution < 1.29 is 13.2 Å². The van der Waals surface area contributed by atoms with Gasteiger partial charge in [-0.15, -0.1) is 0 Å². The second kappa shape index (κ2) is 9.54. The minimum atomic E-state index is -4.23. The van der Waals surface area contributed by atoms with E-state index in [0.717, 1.165) is 17.7 Å². The number of carbonyl (C=O) groups excluding carboxylic acids is 1. The summed E-state index contributed by atoms with van der Waals surface area (Å²) >= 11 is 0. The Morgan fingerprint density at radius 2 is 1.92 bits per heavy atom. The molecule has 1 amide bonds. The third-order valence-electron chi connectivity index (χ3n) is 7.23. The molecule has 1 saturated heterocycles. The maximum absolute atomic E-state index is 13.4. The number of nitrogens with one attached hydrogen (secondary N) is 1. The fourth-order valence-corrected chi connectivity index (χ4v) is 5.57. The molecule has 1 aromatic carbocycles. The fraction of sp³-hybridized carbons (Fsp3) is 0.370. The molecule has 4 rings (SSSR count). The van der Waals surface area contributed by atoms with Crippen LogP contribution >= 0.6 is 0 Å². The number of hydrogen-bond donors (Lipinski definition) is 2. The molecule has 0 bridgehead atoms. The Balaban J connectivity index is 1.79. The predicted octanol–water partition coefficient (Wildman–Crippen LogP) is 4.59. The van der Waals surface area contributed by atoms with Gasteiger partial charge in [0.05, 0.1) is 11.3 Å². The van der Waals surface area contributed by atoms with Crippen LogP contribution in [0, 0.1) is 5.92 Å². The van der Waals surface area contributed by atoms with Gasteiger partial charge in [-0.05, 0) is 68.0 Å². The first-order valence-electron chi connectivity index (χ1n) is 12.1. The lowest BCUT2D eigenvalue weighted by Crippen LogP contribution is -2.43. The molecule has 2 aromatic heterocycles. The quantitative estimate of drug-likeness (QED) is 0.501. The molecule has 3 N–H and O–H groups in total. The van der Waals surface area contributed by atoms with Crippen molar-refractivity contribution in [3.05, 3.63) is 65.9 Å². The van der Waals surface area contributed by atoms with Crippen LogP contribution in [0.15, 0.2) is 59.6 Å². The highest BCUT2D eigenvalue weighted by Gasteiger charge is 2.41. The second-order valence-electron chi connectivity index (χ2n) is 10.2. The van der Waals surface area contributed by atoms with Crippen molar-refractivity contribution >= 4 is 27.6 Å². The minimum Gasteiger partial charge on any atom is -0.383 e. The largest absolute Gasteiger partial charge is 0.383 e. The summed E-state index contributed by atoms with van der Waals surface area (Å²) in [6.07, 6.45) is 2.33. The molecule has 0 aliphatic carbocycles. The highest BCUT2D eigenvalue weighted by Crippen LogP contribution is 2.39. The van der Waals surface area contributed by atoms with Gasteiger partial charge in [0.2, 0.25) is 0 Å². The molecule has 190 valence electrons. The summed E-state index contributed by atoms with van der Waals surface area (Å²) in [5, 5.41) is 0. The van der Waals surface area contributed by atoms with Crippen LogP contribution in [0.1, 0.15) is 62.9 Å². The zero-order valence-corrected chi connectivity index (χ0v) is 22.1. The summed E-state index contributed by atoms with van der Waals surface area (Å²) in [7, 11) is -4.23. The number of nitrogens with zero attached hydrogens (tertiary/aromatic N) is 3. The van der Waals surface area contributed by atoms with Crippen molar-refractivity contribution in [1.82, 2.24) is 14.7 Å². The molecular formula is C27H33N5O3S. The number of amides is 1. The van der Waals surface area contributed by atoms with Crippen molar-refractivity contribution in [1.29, 1.82) is 0 Å². The van der Waals surface area contributed by atoms with E-state index in [2.05, 4.69) is 61.4 Å². The first kappa shape index (κ1) is 25.6. The van der Waals surface area contributed by atoms with Gasteiger partial charge in [0.1, 0.15) is 16.5 Å². The van der Waals surface area contributed by atoms with Crippen LogP contribution in [0.4, 0.5) is 11.6 Å². The molecule has 1 aliphatic heterocycles. The number of carbonyl (C=O) groups is 1. The van der Waals surface area contributed by atoms with Gasteiger partial charge in [-0.3, -0.25) is 4.79 Å². The molecule has 36 heavy (non-hydrogen) atoms. The Labute approximate surface area is 213 Å². The maximum Gasteiger partial charge on any atom is 0.268 e. The number of sulfonamides is 1. The molecule has 1 atom stereocenters. The summed E-state index contributed by atoms with van der Waals surface area (Å²) in [4.78, 5) is 24.0. The Kier molecular flexibility index (Phi) is 6.79. The van der Waals surface area contributed by atoms with E-state index >= 15 is 0 Å². The Morgan fingerprint density at radius 3 is 2.56 bits per heavy atom. The van der Waals surface area contributed by atoms with Crippen LogP contribution in [0.25, 0.3) is 11.3 Å². The second-order valence-corrected chi connectivity index (χ2v) is 11.8. The van der Waals surface area contributed by atoms with Crippen molar-refractivity contribution in [3.8, 4) is 11.3 Å². The van der Waals surface area contributed by atoms with Gasteiger partial charge >= 0.3 is 0 Å². The van der Waals surface area contributed by atoms with E-state index in [9.17, 15) is 13.2 Å². The van der Waals surface area contributed by atoms with Crippen LogP contribution < -0.4 is 15.4 Å². The molecule has 1 fully saturated rings. The number of pyridine rings is 2. The summed E-state index contributed by atoms with van der Waals surface area (Å²) < 4.78 is 28.1. The van der Waals surface area contributed by atoms with Gasteiger partial charge in [-0.2, -0.15) is 0 Å². The number of hydrogen-bond acceptors (Lipinski definition) is 7. The number of rotatable bonds is 6. The lowest BCUT2D eigenvalue weighted by Gasteiger charge is -2.36. The topological polar surface area (TPSA) is 118 Å². The standard InChI is InChI=1S/C27H33N5O3S/c1-17(2)19-8-6-9-20(16-19)22-12-11-21(25(30-22)32-15-13-18(3)27(32,4)5)26(33)31-36(34,35)23-10-7-14-29-24(23)28/h6-12,14,16-18H,13,15H2,1-5H3,(H2,28,29)(H,31,33). The van der Waals surface area contributed by atoms with Gasteiger partial charge in [0, 0.05) is 23.8 Å². The van der Waals surface area contributed by atoms with Crippen LogP contribution in [-0.4, -0.2) is 36.4 Å². The maximum atomic E-state index is 13.4. The fourth-order valence-electron chi connectivity index (χ4n) is 4.52. The molecule has 1 aliphatic rings. The summed E-state index contributed by atoms with van der Waals surface area (Å²) in [5.74, 6) is 0.244. The Morgan fingerprint density at radius 1 is 1.17 bits per heavy atom. The smallest absolute Gasteiger partial charge is 0.268 e. The van der Waals surface area contributed by atoms with Gasteiger partial charge in [0.25, 0.3) is 15.9 Å². The van der Waals surface area contributed by atoms with E-state index in [1.54, 1.807) is 12.1 Å². The molecule has 0 radical (unpaired) electrons. The summed E-state index contributed by atoms with van der Waals surface area (Å²) in [6.45, 7) is 11.4. The lowest BCUT2D eigenvalue weighted by atomic mass is 9.90. The van der Waals surface area contributed by atoms with Crippen LogP contribution in [-0.2, 0) is 10.0 Å². The van der Waals surface area contributed by atoms with Gasteiger partial charge in [0.15, 0.2) is 0 Å². The highest BCUT2D eigenvalue weighted by atomic mass is 32.2.